The minimum atomic E-state index is -2.23. The zero-order valence-corrected chi connectivity index (χ0v) is 12.9. The second kappa shape index (κ2) is 6.31. The van der Waals surface area contributed by atoms with Crippen molar-refractivity contribution in [1.29, 1.82) is 0 Å². The van der Waals surface area contributed by atoms with Crippen LogP contribution in [0, 0.1) is 29.1 Å². The number of hydrogen-bond donors (Lipinski definition) is 0. The Balaban J connectivity index is 2.08. The molecular weight excluding hydrogens is 343 g/mol. The maximum Gasteiger partial charge on any atom is 0.200 e. The molecule has 25 heavy (non-hydrogen) atoms. The molecule has 130 valence electrons. The van der Waals surface area contributed by atoms with Gasteiger partial charge in [-0.3, -0.25) is 4.79 Å². The van der Waals surface area contributed by atoms with Gasteiger partial charge in [0.2, 0.25) is 5.82 Å². The fraction of sp³-hybridized carbons (Fsp3) is 0.167. The quantitative estimate of drug-likeness (QED) is 0.341. The molecule has 1 aliphatic carbocycles. The van der Waals surface area contributed by atoms with Crippen molar-refractivity contribution in [3.8, 4) is 5.75 Å². The van der Waals surface area contributed by atoms with Gasteiger partial charge in [0.05, 0.1) is 12.7 Å². The first kappa shape index (κ1) is 17.1. The van der Waals surface area contributed by atoms with E-state index < -0.39 is 40.4 Å². The van der Waals surface area contributed by atoms with Crippen molar-refractivity contribution < 1.29 is 31.5 Å². The molecule has 0 radical (unpaired) electrons. The largest absolute Gasteiger partial charge is 0.497 e. The molecule has 0 N–H and O–H groups in total. The molecule has 0 aliphatic heterocycles. The maximum atomic E-state index is 13.8. The number of rotatable bonds is 2. The van der Waals surface area contributed by atoms with Gasteiger partial charge in [0.25, 0.3) is 0 Å². The highest BCUT2D eigenvalue weighted by Gasteiger charge is 2.27. The Hall–Kier alpha value is -2.70. The SMILES string of the molecule is COc1ccc2c(c1)CC/C(=C/c1c(F)c(F)c(F)c(F)c1F)C2=O. The molecule has 0 atom stereocenters. The van der Waals surface area contributed by atoms with Gasteiger partial charge in [0, 0.05) is 11.1 Å². The third-order valence-corrected chi connectivity index (χ3v) is 4.07. The molecule has 0 bridgehead atoms. The smallest absolute Gasteiger partial charge is 0.200 e. The standard InChI is InChI=1S/C18H11F5O2/c1-25-10-4-5-11-8(6-10)2-3-9(18(11)24)7-12-13(19)15(21)17(23)16(22)14(12)20/h4-7H,2-3H2,1H3/b9-7-. The fourth-order valence-corrected chi connectivity index (χ4v) is 2.74. The Morgan fingerprint density at radius 3 is 2.12 bits per heavy atom. The molecule has 1 aliphatic rings. The Bertz CT molecular complexity index is 889. The number of carbonyl (C=O) groups is 1. The Morgan fingerprint density at radius 2 is 1.52 bits per heavy atom. The van der Waals surface area contributed by atoms with Crippen LogP contribution in [-0.2, 0) is 6.42 Å². The van der Waals surface area contributed by atoms with E-state index in [9.17, 15) is 26.7 Å². The number of carbonyl (C=O) groups excluding carboxylic acids is 1. The van der Waals surface area contributed by atoms with Crippen LogP contribution in [0.15, 0.2) is 23.8 Å². The normalized spacial score (nSPS) is 15.4. The average Bonchev–Trinajstić information content (AvgIpc) is 2.63. The molecule has 2 aromatic carbocycles. The van der Waals surface area contributed by atoms with Crippen LogP contribution in [0.1, 0.15) is 27.9 Å². The number of ether oxygens (including phenoxy) is 1. The summed E-state index contributed by atoms with van der Waals surface area (Å²) in [7, 11) is 1.47. The number of benzene rings is 2. The minimum Gasteiger partial charge on any atom is -0.497 e. The van der Waals surface area contributed by atoms with Gasteiger partial charge < -0.3 is 4.74 Å². The molecule has 0 heterocycles. The van der Waals surface area contributed by atoms with E-state index in [4.69, 9.17) is 4.74 Å². The zero-order chi connectivity index (χ0) is 18.3. The van der Waals surface area contributed by atoms with Gasteiger partial charge in [-0.15, -0.1) is 0 Å². The highest BCUT2D eigenvalue weighted by molar-refractivity contribution is 6.13. The Morgan fingerprint density at radius 1 is 0.920 bits per heavy atom. The van der Waals surface area contributed by atoms with E-state index in [2.05, 4.69) is 0 Å². The summed E-state index contributed by atoms with van der Waals surface area (Å²) in [6.07, 6.45) is 1.21. The Labute approximate surface area is 139 Å². The summed E-state index contributed by atoms with van der Waals surface area (Å²) in [5.41, 5.74) is -0.140. The van der Waals surface area contributed by atoms with Gasteiger partial charge in [-0.2, -0.15) is 0 Å². The maximum absolute atomic E-state index is 13.8. The number of halogens is 5. The summed E-state index contributed by atoms with van der Waals surface area (Å²) in [6, 6.07) is 4.72. The lowest BCUT2D eigenvalue weighted by Crippen LogP contribution is -2.15. The predicted molar refractivity (Wildman–Crippen MR) is 79.9 cm³/mol. The molecule has 0 saturated heterocycles. The van der Waals surface area contributed by atoms with Crippen LogP contribution in [-0.4, -0.2) is 12.9 Å². The van der Waals surface area contributed by atoms with Crippen molar-refractivity contribution in [2.45, 2.75) is 12.8 Å². The second-order valence-electron chi connectivity index (χ2n) is 5.51. The summed E-state index contributed by atoms with van der Waals surface area (Å²) < 4.78 is 72.3. The number of Topliss-reactive ketones (excluding diaryl/α,β-unsaturated/α-hetero) is 1. The van der Waals surface area contributed by atoms with Gasteiger partial charge in [0.1, 0.15) is 5.75 Å². The highest BCUT2D eigenvalue weighted by Crippen LogP contribution is 2.31. The van der Waals surface area contributed by atoms with E-state index in [-0.39, 0.29) is 12.0 Å². The lowest BCUT2D eigenvalue weighted by molar-refractivity contribution is 0.102. The van der Waals surface area contributed by atoms with Crippen molar-refractivity contribution in [2.75, 3.05) is 7.11 Å². The molecule has 0 aromatic heterocycles. The van der Waals surface area contributed by atoms with Gasteiger partial charge in [-0.25, -0.2) is 22.0 Å². The lowest BCUT2D eigenvalue weighted by Gasteiger charge is -2.18. The third kappa shape index (κ3) is 2.79. The zero-order valence-electron chi connectivity index (χ0n) is 12.9. The van der Waals surface area contributed by atoms with E-state index >= 15 is 0 Å². The monoisotopic (exact) mass is 354 g/mol. The molecule has 3 rings (SSSR count). The molecule has 2 aromatic rings. The van der Waals surface area contributed by atoms with E-state index in [1.807, 2.05) is 0 Å². The summed E-state index contributed by atoms with van der Waals surface area (Å²) in [6.45, 7) is 0. The molecule has 7 heteroatoms. The predicted octanol–water partition coefficient (Wildman–Crippen LogP) is 4.60. The average molecular weight is 354 g/mol. The summed E-state index contributed by atoms with van der Waals surface area (Å²) >= 11 is 0. The van der Waals surface area contributed by atoms with Crippen molar-refractivity contribution >= 4 is 11.9 Å². The first-order chi connectivity index (χ1) is 11.8. The second-order valence-corrected chi connectivity index (χ2v) is 5.51. The molecule has 0 unspecified atom stereocenters. The number of fused-ring (bicyclic) bond motifs is 1. The molecule has 0 saturated carbocycles. The molecule has 0 spiro atoms. The van der Waals surface area contributed by atoms with Crippen molar-refractivity contribution in [1.82, 2.24) is 0 Å². The third-order valence-electron chi connectivity index (χ3n) is 4.07. The Kier molecular flexibility index (Phi) is 4.32. The summed E-state index contributed by atoms with van der Waals surface area (Å²) in [4.78, 5) is 12.5. The number of hydrogen-bond acceptors (Lipinski definition) is 2. The van der Waals surface area contributed by atoms with Crippen LogP contribution >= 0.6 is 0 Å². The van der Waals surface area contributed by atoms with E-state index in [1.165, 1.54) is 13.2 Å². The van der Waals surface area contributed by atoms with E-state index in [0.717, 1.165) is 6.08 Å². The van der Waals surface area contributed by atoms with Crippen LogP contribution < -0.4 is 4.74 Å². The molecule has 2 nitrogen and oxygen atoms in total. The number of aryl methyl sites for hydroxylation is 1. The number of allylic oxidation sites excluding steroid dienone is 1. The van der Waals surface area contributed by atoms with E-state index in [0.29, 0.717) is 23.3 Å². The highest BCUT2D eigenvalue weighted by atomic mass is 19.2. The molecule has 0 amide bonds. The molecule has 0 fully saturated rings. The van der Waals surface area contributed by atoms with Gasteiger partial charge in [-0.05, 0) is 42.7 Å². The fourth-order valence-electron chi connectivity index (χ4n) is 2.74. The van der Waals surface area contributed by atoms with Gasteiger partial charge in [0.15, 0.2) is 29.1 Å². The topological polar surface area (TPSA) is 26.3 Å². The summed E-state index contributed by atoms with van der Waals surface area (Å²) in [5, 5.41) is 0. The van der Waals surface area contributed by atoms with Gasteiger partial charge in [-0.1, -0.05) is 0 Å². The van der Waals surface area contributed by atoms with Crippen LogP contribution in [0.3, 0.4) is 0 Å². The van der Waals surface area contributed by atoms with Gasteiger partial charge >= 0.3 is 0 Å². The number of ketones is 1. The summed E-state index contributed by atoms with van der Waals surface area (Å²) in [5.74, 6) is -10.2. The van der Waals surface area contributed by atoms with Crippen LogP contribution in [0.4, 0.5) is 22.0 Å². The first-order valence-corrected chi connectivity index (χ1v) is 7.28. The minimum absolute atomic E-state index is 0.0270. The number of methoxy groups -OCH3 is 1. The van der Waals surface area contributed by atoms with Crippen molar-refractivity contribution in [3.05, 3.63) is 69.5 Å². The van der Waals surface area contributed by atoms with E-state index in [1.54, 1.807) is 12.1 Å². The lowest BCUT2D eigenvalue weighted by atomic mass is 9.86. The van der Waals surface area contributed by atoms with Crippen LogP contribution in [0.25, 0.3) is 6.08 Å². The van der Waals surface area contributed by atoms with Crippen LogP contribution in [0.2, 0.25) is 0 Å². The van der Waals surface area contributed by atoms with Crippen LogP contribution in [0.5, 0.6) is 5.75 Å². The molecular formula is C18H11F5O2. The first-order valence-electron chi connectivity index (χ1n) is 7.28. The van der Waals surface area contributed by atoms with Crippen molar-refractivity contribution in [3.63, 3.8) is 0 Å². The van der Waals surface area contributed by atoms with Crippen molar-refractivity contribution in [2.24, 2.45) is 0 Å².